The molecular formula is C23H27FN4O3. The van der Waals surface area contributed by atoms with Gasteiger partial charge in [-0.15, -0.1) is 0 Å². The van der Waals surface area contributed by atoms with Crippen LogP contribution < -0.4 is 20.4 Å². The first-order valence-electron chi connectivity index (χ1n) is 10.5. The Balaban J connectivity index is 1.40. The molecule has 1 saturated heterocycles. The lowest BCUT2D eigenvalue weighted by Crippen LogP contribution is -2.45. The SMILES string of the molecule is CC(=O)N1CCc2cc(NC(=O)Nc3ccc(N4C[C@@H](C)O[C@H](C)C4)c(F)c3)ccc21. The number of carbonyl (C=O) groups excluding carboxylic acids is 2. The normalized spacial score (nSPS) is 20.4. The molecule has 2 aromatic carbocycles. The number of anilines is 4. The molecule has 4 rings (SSSR count). The van der Waals surface area contributed by atoms with Crippen molar-refractivity contribution in [1.29, 1.82) is 0 Å². The fourth-order valence-electron chi connectivity index (χ4n) is 4.32. The van der Waals surface area contributed by atoms with E-state index in [2.05, 4.69) is 10.6 Å². The van der Waals surface area contributed by atoms with Gasteiger partial charge in [-0.3, -0.25) is 4.79 Å². The van der Waals surface area contributed by atoms with Gasteiger partial charge in [0.05, 0.1) is 17.9 Å². The van der Waals surface area contributed by atoms with E-state index >= 15 is 0 Å². The van der Waals surface area contributed by atoms with Gasteiger partial charge in [-0.05, 0) is 62.2 Å². The molecule has 1 fully saturated rings. The number of nitrogens with zero attached hydrogens (tertiary/aromatic N) is 2. The van der Waals surface area contributed by atoms with Crippen LogP contribution in [0.1, 0.15) is 26.3 Å². The number of benzene rings is 2. The van der Waals surface area contributed by atoms with Crippen LogP contribution in [0.25, 0.3) is 0 Å². The molecule has 7 nitrogen and oxygen atoms in total. The van der Waals surface area contributed by atoms with Crippen LogP contribution in [0, 0.1) is 5.82 Å². The Morgan fingerprint density at radius 3 is 2.23 bits per heavy atom. The van der Waals surface area contributed by atoms with Crippen molar-refractivity contribution in [2.24, 2.45) is 0 Å². The highest BCUT2D eigenvalue weighted by atomic mass is 19.1. The number of hydrogen-bond donors (Lipinski definition) is 2. The molecule has 2 atom stereocenters. The van der Waals surface area contributed by atoms with E-state index in [0.29, 0.717) is 36.7 Å². The molecule has 164 valence electrons. The van der Waals surface area contributed by atoms with Crippen molar-refractivity contribution in [3.05, 3.63) is 47.8 Å². The number of rotatable bonds is 3. The van der Waals surface area contributed by atoms with Crippen molar-refractivity contribution >= 4 is 34.7 Å². The number of halogens is 1. The zero-order valence-electron chi connectivity index (χ0n) is 17.9. The summed E-state index contributed by atoms with van der Waals surface area (Å²) in [6.07, 6.45) is 0.806. The van der Waals surface area contributed by atoms with E-state index in [9.17, 15) is 14.0 Å². The van der Waals surface area contributed by atoms with Crippen LogP contribution in [0.4, 0.5) is 31.9 Å². The molecule has 0 unspecified atom stereocenters. The Morgan fingerprint density at radius 1 is 1.00 bits per heavy atom. The summed E-state index contributed by atoms with van der Waals surface area (Å²) in [5, 5.41) is 5.45. The van der Waals surface area contributed by atoms with Crippen LogP contribution in [-0.2, 0) is 16.0 Å². The summed E-state index contributed by atoms with van der Waals surface area (Å²) >= 11 is 0. The maximum atomic E-state index is 14.7. The maximum Gasteiger partial charge on any atom is 0.323 e. The van der Waals surface area contributed by atoms with Gasteiger partial charge in [0, 0.05) is 43.6 Å². The van der Waals surface area contributed by atoms with Gasteiger partial charge in [0.1, 0.15) is 5.82 Å². The van der Waals surface area contributed by atoms with Crippen LogP contribution in [0.2, 0.25) is 0 Å². The molecule has 0 aliphatic carbocycles. The molecule has 0 bridgehead atoms. The minimum atomic E-state index is -0.456. The molecule has 2 aromatic rings. The number of morpholine rings is 1. The summed E-state index contributed by atoms with van der Waals surface area (Å²) in [7, 11) is 0. The van der Waals surface area contributed by atoms with Crippen molar-refractivity contribution < 1.29 is 18.7 Å². The summed E-state index contributed by atoms with van der Waals surface area (Å²) in [4.78, 5) is 27.8. The van der Waals surface area contributed by atoms with Gasteiger partial charge >= 0.3 is 6.03 Å². The Kier molecular flexibility index (Phi) is 5.82. The number of nitrogens with one attached hydrogen (secondary N) is 2. The smallest absolute Gasteiger partial charge is 0.323 e. The van der Waals surface area contributed by atoms with Gasteiger partial charge in [-0.1, -0.05) is 0 Å². The third-order valence-electron chi connectivity index (χ3n) is 5.58. The minimum absolute atomic E-state index is 0.00340. The van der Waals surface area contributed by atoms with E-state index in [-0.39, 0.29) is 23.9 Å². The van der Waals surface area contributed by atoms with E-state index in [1.807, 2.05) is 30.9 Å². The first kappa shape index (κ1) is 21.1. The summed E-state index contributed by atoms with van der Waals surface area (Å²) < 4.78 is 20.4. The Hall–Kier alpha value is -3.13. The number of ether oxygens (including phenoxy) is 1. The third kappa shape index (κ3) is 4.64. The third-order valence-corrected chi connectivity index (χ3v) is 5.58. The maximum absolute atomic E-state index is 14.7. The van der Waals surface area contributed by atoms with Crippen molar-refractivity contribution in [2.45, 2.75) is 39.4 Å². The molecule has 0 radical (unpaired) electrons. The molecule has 3 amide bonds. The van der Waals surface area contributed by atoms with Crippen LogP contribution in [0.5, 0.6) is 0 Å². The summed E-state index contributed by atoms with van der Waals surface area (Å²) in [5.41, 5.74) is 3.38. The zero-order valence-corrected chi connectivity index (χ0v) is 17.9. The highest BCUT2D eigenvalue weighted by molar-refractivity contribution is 6.00. The fraction of sp³-hybridized carbons (Fsp3) is 0.391. The van der Waals surface area contributed by atoms with E-state index in [0.717, 1.165) is 17.7 Å². The molecule has 2 aliphatic rings. The summed E-state index contributed by atoms with van der Waals surface area (Å²) in [6.45, 7) is 7.36. The molecule has 2 aliphatic heterocycles. The predicted molar refractivity (Wildman–Crippen MR) is 119 cm³/mol. The Bertz CT molecular complexity index is 1000. The number of urea groups is 1. The summed E-state index contributed by atoms with van der Waals surface area (Å²) in [5.74, 6) is -0.385. The number of carbonyl (C=O) groups is 2. The van der Waals surface area contributed by atoms with Gasteiger partial charge in [-0.2, -0.15) is 0 Å². The van der Waals surface area contributed by atoms with Gasteiger partial charge in [0.15, 0.2) is 0 Å². The van der Waals surface area contributed by atoms with Crippen LogP contribution in [0.3, 0.4) is 0 Å². The van der Waals surface area contributed by atoms with Gasteiger partial charge in [0.25, 0.3) is 0 Å². The fourth-order valence-corrected chi connectivity index (χ4v) is 4.32. The van der Waals surface area contributed by atoms with E-state index < -0.39 is 6.03 Å². The summed E-state index contributed by atoms with van der Waals surface area (Å²) in [6, 6.07) is 9.69. The van der Waals surface area contributed by atoms with Gasteiger partial charge < -0.3 is 25.2 Å². The average Bonchev–Trinajstić information content (AvgIpc) is 3.10. The lowest BCUT2D eigenvalue weighted by molar-refractivity contribution is -0.116. The molecule has 2 N–H and O–H groups in total. The highest BCUT2D eigenvalue weighted by Gasteiger charge is 2.25. The quantitative estimate of drug-likeness (QED) is 0.778. The topological polar surface area (TPSA) is 73.9 Å². The molecular weight excluding hydrogens is 399 g/mol. The monoisotopic (exact) mass is 426 g/mol. The van der Waals surface area contributed by atoms with Gasteiger partial charge in [0.2, 0.25) is 5.91 Å². The van der Waals surface area contributed by atoms with Crippen LogP contribution >= 0.6 is 0 Å². The first-order chi connectivity index (χ1) is 14.8. The second-order valence-corrected chi connectivity index (χ2v) is 8.17. The zero-order chi connectivity index (χ0) is 22.1. The van der Waals surface area contributed by atoms with E-state index in [1.165, 1.54) is 6.07 Å². The highest BCUT2D eigenvalue weighted by Crippen LogP contribution is 2.31. The van der Waals surface area contributed by atoms with E-state index in [1.54, 1.807) is 30.0 Å². The van der Waals surface area contributed by atoms with Crippen molar-refractivity contribution in [3.63, 3.8) is 0 Å². The van der Waals surface area contributed by atoms with Crippen LogP contribution in [0.15, 0.2) is 36.4 Å². The lowest BCUT2D eigenvalue weighted by Gasteiger charge is -2.37. The number of amides is 3. The average molecular weight is 426 g/mol. The molecule has 31 heavy (non-hydrogen) atoms. The van der Waals surface area contributed by atoms with Crippen molar-refractivity contribution in [3.8, 4) is 0 Å². The molecule has 2 heterocycles. The Morgan fingerprint density at radius 2 is 1.61 bits per heavy atom. The van der Waals surface area contributed by atoms with Gasteiger partial charge in [-0.25, -0.2) is 9.18 Å². The minimum Gasteiger partial charge on any atom is -0.372 e. The second-order valence-electron chi connectivity index (χ2n) is 8.17. The number of hydrogen-bond acceptors (Lipinski definition) is 4. The van der Waals surface area contributed by atoms with E-state index in [4.69, 9.17) is 4.74 Å². The second kappa shape index (κ2) is 8.55. The number of fused-ring (bicyclic) bond motifs is 1. The molecule has 8 heteroatoms. The predicted octanol–water partition coefficient (Wildman–Crippen LogP) is 3.99. The largest absolute Gasteiger partial charge is 0.372 e. The molecule has 0 saturated carbocycles. The Labute approximate surface area is 181 Å². The first-order valence-corrected chi connectivity index (χ1v) is 10.5. The van der Waals surface area contributed by atoms with Crippen molar-refractivity contribution in [2.75, 3.05) is 40.1 Å². The standard InChI is InChI=1S/C23H27FN4O3/c1-14-12-27(13-15(2)31-14)22-7-5-19(11-20(22)24)26-23(30)25-18-4-6-21-17(10-18)8-9-28(21)16(3)29/h4-7,10-11,14-15H,8-9,12-13H2,1-3H3,(H2,25,26,30)/t14-,15-/m1/s1. The molecule has 0 aromatic heterocycles. The van der Waals surface area contributed by atoms with Crippen LogP contribution in [-0.4, -0.2) is 43.8 Å². The molecule has 0 spiro atoms. The lowest BCUT2D eigenvalue weighted by atomic mass is 10.1. The van der Waals surface area contributed by atoms with Crippen molar-refractivity contribution in [1.82, 2.24) is 0 Å².